The summed E-state index contributed by atoms with van der Waals surface area (Å²) in [4.78, 5) is 6.71. The molecule has 0 unspecified atom stereocenters. The number of furan rings is 1. The molecule has 0 spiro atoms. The van der Waals surface area contributed by atoms with Crippen LogP contribution in [0.4, 0.5) is 0 Å². The second-order valence-electron chi connectivity index (χ2n) is 5.88. The van der Waals surface area contributed by atoms with E-state index in [-0.39, 0.29) is 0 Å². The van der Waals surface area contributed by atoms with Gasteiger partial charge in [0.2, 0.25) is 0 Å². The molecule has 2 aromatic rings. The Kier molecular flexibility index (Phi) is 7.12. The number of hydrogen-bond acceptors (Lipinski definition) is 3. The van der Waals surface area contributed by atoms with Crippen LogP contribution < -0.4 is 10.6 Å². The van der Waals surface area contributed by atoms with Gasteiger partial charge in [-0.1, -0.05) is 32.0 Å². The minimum Gasteiger partial charge on any atom is -0.459 e. The van der Waals surface area contributed by atoms with E-state index in [1.807, 2.05) is 18.2 Å². The third-order valence-corrected chi connectivity index (χ3v) is 4.42. The average molecular weight is 330 g/mol. The van der Waals surface area contributed by atoms with Crippen LogP contribution in [-0.2, 0) is 6.54 Å². The monoisotopic (exact) mass is 330 g/mol. The smallest absolute Gasteiger partial charge is 0.191 e. The molecular weight excluding hydrogens is 300 g/mol. The second kappa shape index (κ2) is 9.33. The molecule has 2 rings (SSSR count). The molecule has 0 fully saturated rings. The van der Waals surface area contributed by atoms with E-state index in [1.165, 1.54) is 10.9 Å². The first-order valence-corrected chi connectivity index (χ1v) is 8.83. The SMILES string of the molecule is CCN(CC)CCCNC(=NC)NCc1oc2ccccc2c1C. The van der Waals surface area contributed by atoms with Crippen LogP contribution in [-0.4, -0.2) is 44.1 Å². The van der Waals surface area contributed by atoms with Crippen LogP contribution in [0.25, 0.3) is 11.0 Å². The van der Waals surface area contributed by atoms with Crippen molar-refractivity contribution in [3.8, 4) is 0 Å². The lowest BCUT2D eigenvalue weighted by atomic mass is 10.1. The van der Waals surface area contributed by atoms with Gasteiger partial charge in [-0.25, -0.2) is 0 Å². The Labute approximate surface area is 145 Å². The van der Waals surface area contributed by atoms with Crippen molar-refractivity contribution in [3.05, 3.63) is 35.6 Å². The fourth-order valence-corrected chi connectivity index (χ4v) is 2.83. The molecule has 0 atom stereocenters. The molecule has 0 radical (unpaired) electrons. The fourth-order valence-electron chi connectivity index (χ4n) is 2.83. The van der Waals surface area contributed by atoms with Crippen LogP contribution in [0.2, 0.25) is 0 Å². The van der Waals surface area contributed by atoms with E-state index in [0.29, 0.717) is 6.54 Å². The lowest BCUT2D eigenvalue weighted by Gasteiger charge is -2.18. The number of hydrogen-bond donors (Lipinski definition) is 2. The summed E-state index contributed by atoms with van der Waals surface area (Å²) < 4.78 is 5.93. The molecule has 0 aliphatic rings. The summed E-state index contributed by atoms with van der Waals surface area (Å²) in [6.45, 7) is 11.4. The van der Waals surface area contributed by atoms with Crippen molar-refractivity contribution < 1.29 is 4.42 Å². The highest BCUT2D eigenvalue weighted by molar-refractivity contribution is 5.82. The molecule has 0 aliphatic heterocycles. The summed E-state index contributed by atoms with van der Waals surface area (Å²) in [5, 5.41) is 7.88. The summed E-state index contributed by atoms with van der Waals surface area (Å²) in [5.41, 5.74) is 2.13. The van der Waals surface area contributed by atoms with E-state index in [0.717, 1.165) is 49.9 Å². The van der Waals surface area contributed by atoms with E-state index in [1.54, 1.807) is 7.05 Å². The quantitative estimate of drug-likeness (QED) is 0.443. The van der Waals surface area contributed by atoms with E-state index < -0.39 is 0 Å². The molecular formula is C19H30N4O. The molecule has 1 aromatic heterocycles. The van der Waals surface area contributed by atoms with Gasteiger partial charge in [0.05, 0.1) is 6.54 Å². The van der Waals surface area contributed by atoms with Crippen molar-refractivity contribution in [3.63, 3.8) is 0 Å². The molecule has 1 heterocycles. The Morgan fingerprint density at radius 3 is 2.58 bits per heavy atom. The zero-order valence-corrected chi connectivity index (χ0v) is 15.4. The Balaban J connectivity index is 1.81. The Hall–Kier alpha value is -2.01. The number of aliphatic imine (C=N–C) groups is 1. The van der Waals surface area contributed by atoms with Crippen LogP contribution in [0.3, 0.4) is 0 Å². The highest BCUT2D eigenvalue weighted by Crippen LogP contribution is 2.24. The normalized spacial score (nSPS) is 12.1. The maximum Gasteiger partial charge on any atom is 0.191 e. The molecule has 0 saturated carbocycles. The van der Waals surface area contributed by atoms with E-state index in [4.69, 9.17) is 4.42 Å². The average Bonchev–Trinajstić information content (AvgIpc) is 2.94. The third-order valence-electron chi connectivity index (χ3n) is 4.42. The Bertz CT molecular complexity index is 658. The molecule has 5 heteroatoms. The van der Waals surface area contributed by atoms with Gasteiger partial charge in [-0.3, -0.25) is 4.99 Å². The highest BCUT2D eigenvalue weighted by Gasteiger charge is 2.10. The molecule has 132 valence electrons. The summed E-state index contributed by atoms with van der Waals surface area (Å²) in [6, 6.07) is 8.14. The maximum atomic E-state index is 5.93. The lowest BCUT2D eigenvalue weighted by Crippen LogP contribution is -2.38. The van der Waals surface area contributed by atoms with Crippen molar-refractivity contribution in [1.82, 2.24) is 15.5 Å². The Morgan fingerprint density at radius 1 is 1.17 bits per heavy atom. The van der Waals surface area contributed by atoms with Crippen molar-refractivity contribution >= 4 is 16.9 Å². The van der Waals surface area contributed by atoms with Gasteiger partial charge in [0.15, 0.2) is 5.96 Å². The van der Waals surface area contributed by atoms with Crippen molar-refractivity contribution in [2.45, 2.75) is 33.7 Å². The minimum absolute atomic E-state index is 0.635. The number of nitrogens with one attached hydrogen (secondary N) is 2. The second-order valence-corrected chi connectivity index (χ2v) is 5.88. The number of para-hydroxylation sites is 1. The lowest BCUT2D eigenvalue weighted by molar-refractivity contribution is 0.300. The Morgan fingerprint density at radius 2 is 1.92 bits per heavy atom. The van der Waals surface area contributed by atoms with Crippen LogP contribution >= 0.6 is 0 Å². The molecule has 0 bridgehead atoms. The van der Waals surface area contributed by atoms with Gasteiger partial charge in [0, 0.05) is 24.5 Å². The first-order valence-electron chi connectivity index (χ1n) is 8.83. The predicted molar refractivity (Wildman–Crippen MR) is 102 cm³/mol. The zero-order valence-electron chi connectivity index (χ0n) is 15.4. The summed E-state index contributed by atoms with van der Waals surface area (Å²) in [5.74, 6) is 1.77. The summed E-state index contributed by atoms with van der Waals surface area (Å²) in [6.07, 6.45) is 1.10. The van der Waals surface area contributed by atoms with E-state index >= 15 is 0 Å². The first-order chi connectivity index (χ1) is 11.7. The van der Waals surface area contributed by atoms with E-state index in [2.05, 4.69) is 47.4 Å². The molecule has 2 N–H and O–H groups in total. The van der Waals surface area contributed by atoms with Crippen LogP contribution in [0, 0.1) is 6.92 Å². The third kappa shape index (κ3) is 4.74. The van der Waals surface area contributed by atoms with E-state index in [9.17, 15) is 0 Å². The van der Waals surface area contributed by atoms with Crippen LogP contribution in [0.1, 0.15) is 31.6 Å². The number of fused-ring (bicyclic) bond motifs is 1. The number of benzene rings is 1. The van der Waals surface area contributed by atoms with Gasteiger partial charge in [-0.15, -0.1) is 0 Å². The van der Waals surface area contributed by atoms with Crippen molar-refractivity contribution in [2.24, 2.45) is 4.99 Å². The zero-order chi connectivity index (χ0) is 17.4. The molecule has 0 amide bonds. The summed E-state index contributed by atoms with van der Waals surface area (Å²) in [7, 11) is 1.80. The minimum atomic E-state index is 0.635. The van der Waals surface area contributed by atoms with Gasteiger partial charge in [-0.05, 0) is 39.0 Å². The molecule has 1 aromatic carbocycles. The number of rotatable bonds is 8. The maximum absolute atomic E-state index is 5.93. The largest absolute Gasteiger partial charge is 0.459 e. The summed E-state index contributed by atoms with van der Waals surface area (Å²) >= 11 is 0. The molecule has 5 nitrogen and oxygen atoms in total. The van der Waals surface area contributed by atoms with Crippen molar-refractivity contribution in [2.75, 3.05) is 33.2 Å². The standard InChI is InChI=1S/C19H30N4O/c1-5-23(6-2)13-9-12-21-19(20-4)22-14-18-15(3)16-10-7-8-11-17(16)24-18/h7-8,10-11H,5-6,9,12-14H2,1-4H3,(H2,20,21,22). The van der Waals surface area contributed by atoms with Crippen molar-refractivity contribution in [1.29, 1.82) is 0 Å². The number of guanidine groups is 1. The predicted octanol–water partition coefficient (Wildman–Crippen LogP) is 3.14. The number of nitrogens with zero attached hydrogens (tertiary/aromatic N) is 2. The number of aryl methyl sites for hydroxylation is 1. The van der Waals surface area contributed by atoms with Gasteiger partial charge >= 0.3 is 0 Å². The van der Waals surface area contributed by atoms with Gasteiger partial charge < -0.3 is 20.0 Å². The van der Waals surface area contributed by atoms with Crippen LogP contribution in [0.5, 0.6) is 0 Å². The molecule has 0 aliphatic carbocycles. The van der Waals surface area contributed by atoms with Gasteiger partial charge in [-0.2, -0.15) is 0 Å². The fraction of sp³-hybridized carbons (Fsp3) is 0.526. The topological polar surface area (TPSA) is 52.8 Å². The highest BCUT2D eigenvalue weighted by atomic mass is 16.3. The molecule has 24 heavy (non-hydrogen) atoms. The first kappa shape index (κ1) is 18.3. The van der Waals surface area contributed by atoms with Crippen LogP contribution in [0.15, 0.2) is 33.7 Å². The molecule has 0 saturated heterocycles. The van der Waals surface area contributed by atoms with Gasteiger partial charge in [0.1, 0.15) is 11.3 Å². The van der Waals surface area contributed by atoms with Gasteiger partial charge in [0.25, 0.3) is 0 Å².